The smallest absolute Gasteiger partial charge is 0.245 e. The molecule has 0 radical (unpaired) electrons. The van der Waals surface area contributed by atoms with Crippen molar-refractivity contribution in [2.45, 2.75) is 31.8 Å². The van der Waals surface area contributed by atoms with Crippen molar-refractivity contribution < 1.29 is 0 Å². The molecule has 1 heterocycles. The van der Waals surface area contributed by atoms with Gasteiger partial charge in [0.2, 0.25) is 5.95 Å². The summed E-state index contributed by atoms with van der Waals surface area (Å²) < 4.78 is 0. The fraction of sp³-hybridized carbons (Fsp3) is 0.667. The lowest BCUT2D eigenvalue weighted by Gasteiger charge is -2.27. The van der Waals surface area contributed by atoms with E-state index in [2.05, 4.69) is 27.0 Å². The van der Waals surface area contributed by atoms with Gasteiger partial charge in [0.1, 0.15) is 0 Å². The van der Waals surface area contributed by atoms with Crippen molar-refractivity contribution in [2.75, 3.05) is 11.4 Å². The molecule has 0 aliphatic heterocycles. The van der Waals surface area contributed by atoms with Crippen LogP contribution in [0.25, 0.3) is 0 Å². The molecule has 0 saturated heterocycles. The van der Waals surface area contributed by atoms with E-state index in [0.29, 0.717) is 18.5 Å². The van der Waals surface area contributed by atoms with E-state index in [0.717, 1.165) is 0 Å². The van der Waals surface area contributed by atoms with Gasteiger partial charge in [-0.05, 0) is 19.8 Å². The summed E-state index contributed by atoms with van der Waals surface area (Å²) in [6.07, 6.45) is 5.67. The number of anilines is 1. The van der Waals surface area contributed by atoms with Crippen molar-refractivity contribution in [2.24, 2.45) is 5.73 Å². The van der Waals surface area contributed by atoms with Gasteiger partial charge >= 0.3 is 0 Å². The highest BCUT2D eigenvalue weighted by atomic mass is 15.4. The first-order valence-corrected chi connectivity index (χ1v) is 4.95. The van der Waals surface area contributed by atoms with Gasteiger partial charge in [0, 0.05) is 18.6 Å². The van der Waals surface area contributed by atoms with Crippen molar-refractivity contribution in [3.63, 3.8) is 0 Å². The van der Waals surface area contributed by atoms with E-state index < -0.39 is 0 Å². The molecule has 0 amide bonds. The Balaban J connectivity index is 2.18. The van der Waals surface area contributed by atoms with Gasteiger partial charge in [0.15, 0.2) is 0 Å². The molecule has 2 rings (SSSR count). The molecule has 0 aromatic carbocycles. The Hall–Kier alpha value is -1.23. The number of nitrogens with two attached hydrogens (primary N) is 1. The molecule has 5 nitrogen and oxygen atoms in total. The van der Waals surface area contributed by atoms with Crippen LogP contribution in [-0.2, 0) is 0 Å². The van der Waals surface area contributed by atoms with E-state index in [1.807, 2.05) is 0 Å². The highest BCUT2D eigenvalue weighted by Crippen LogP contribution is 2.30. The zero-order valence-electron chi connectivity index (χ0n) is 8.30. The van der Waals surface area contributed by atoms with E-state index in [-0.39, 0.29) is 6.04 Å². The number of aromatic nitrogens is 3. The Morgan fingerprint density at radius 3 is 2.86 bits per heavy atom. The Kier molecular flexibility index (Phi) is 2.58. The van der Waals surface area contributed by atoms with Crippen LogP contribution < -0.4 is 10.6 Å². The highest BCUT2D eigenvalue weighted by molar-refractivity contribution is 5.33. The molecule has 1 aromatic rings. The summed E-state index contributed by atoms with van der Waals surface area (Å²) in [6, 6.07) is 0.851. The van der Waals surface area contributed by atoms with E-state index in [1.54, 1.807) is 12.4 Å². The Labute approximate surface area is 83.3 Å². The van der Waals surface area contributed by atoms with Crippen LogP contribution in [-0.4, -0.2) is 33.8 Å². The molecule has 1 aromatic heterocycles. The summed E-state index contributed by atoms with van der Waals surface area (Å²) in [7, 11) is 0. The molecule has 0 bridgehead atoms. The summed E-state index contributed by atoms with van der Waals surface area (Å²) in [4.78, 5) is 6.38. The van der Waals surface area contributed by atoms with E-state index in [1.165, 1.54) is 12.8 Å². The van der Waals surface area contributed by atoms with Gasteiger partial charge in [0.25, 0.3) is 0 Å². The molecule has 14 heavy (non-hydrogen) atoms. The van der Waals surface area contributed by atoms with Crippen molar-refractivity contribution in [1.82, 2.24) is 15.2 Å². The highest BCUT2D eigenvalue weighted by Gasteiger charge is 2.33. The second-order valence-corrected chi connectivity index (χ2v) is 3.67. The Morgan fingerprint density at radius 1 is 1.57 bits per heavy atom. The quantitative estimate of drug-likeness (QED) is 0.739. The number of hydrogen-bond donors (Lipinski definition) is 1. The van der Waals surface area contributed by atoms with Crippen LogP contribution >= 0.6 is 0 Å². The summed E-state index contributed by atoms with van der Waals surface area (Å²) >= 11 is 0. The maximum atomic E-state index is 5.66. The van der Waals surface area contributed by atoms with Crippen LogP contribution in [0.3, 0.4) is 0 Å². The molecule has 76 valence electrons. The number of rotatable bonds is 4. The Bertz CT molecular complexity index is 285. The van der Waals surface area contributed by atoms with E-state index >= 15 is 0 Å². The lowest BCUT2D eigenvalue weighted by atomic mass is 10.3. The average Bonchev–Trinajstić information content (AvgIpc) is 3.04. The normalized spacial score (nSPS) is 17.9. The van der Waals surface area contributed by atoms with Gasteiger partial charge in [-0.3, -0.25) is 0 Å². The second-order valence-electron chi connectivity index (χ2n) is 3.67. The van der Waals surface area contributed by atoms with Gasteiger partial charge in [-0.25, -0.2) is 4.98 Å². The molecule has 1 fully saturated rings. The first kappa shape index (κ1) is 9.33. The third kappa shape index (κ3) is 1.82. The maximum Gasteiger partial charge on any atom is 0.245 e. The molecule has 5 heteroatoms. The molecule has 1 unspecified atom stereocenters. The summed E-state index contributed by atoms with van der Waals surface area (Å²) in [5, 5.41) is 7.86. The zero-order valence-corrected chi connectivity index (χ0v) is 8.30. The van der Waals surface area contributed by atoms with Gasteiger partial charge in [-0.2, -0.15) is 5.10 Å². The van der Waals surface area contributed by atoms with Gasteiger partial charge < -0.3 is 10.6 Å². The predicted octanol–water partition coefficient (Wildman–Crippen LogP) is 0.188. The number of nitrogens with zero attached hydrogens (tertiary/aromatic N) is 4. The molecular weight excluding hydrogens is 178 g/mol. The van der Waals surface area contributed by atoms with E-state index in [9.17, 15) is 0 Å². The van der Waals surface area contributed by atoms with Gasteiger partial charge in [-0.1, -0.05) is 0 Å². The minimum absolute atomic E-state index is 0.284. The molecule has 1 aliphatic carbocycles. The summed E-state index contributed by atoms with van der Waals surface area (Å²) in [6.45, 7) is 2.71. The van der Waals surface area contributed by atoms with Crippen LogP contribution in [0.15, 0.2) is 12.4 Å². The van der Waals surface area contributed by atoms with Crippen LogP contribution in [0, 0.1) is 0 Å². The predicted molar refractivity (Wildman–Crippen MR) is 53.8 cm³/mol. The monoisotopic (exact) mass is 193 g/mol. The first-order chi connectivity index (χ1) is 6.83. The van der Waals surface area contributed by atoms with E-state index in [4.69, 9.17) is 5.73 Å². The average molecular weight is 193 g/mol. The fourth-order valence-electron chi connectivity index (χ4n) is 1.55. The lowest BCUT2D eigenvalue weighted by Crippen LogP contribution is -2.41. The molecule has 1 aliphatic rings. The number of hydrogen-bond acceptors (Lipinski definition) is 5. The first-order valence-electron chi connectivity index (χ1n) is 4.95. The molecule has 2 N–H and O–H groups in total. The summed E-state index contributed by atoms with van der Waals surface area (Å²) in [5.74, 6) is 0.702. The van der Waals surface area contributed by atoms with Crippen molar-refractivity contribution in [3.8, 4) is 0 Å². The standard InChI is InChI=1S/C9H15N5/c1-7(6-10)14(8-2-3-8)9-11-4-5-12-13-9/h4-5,7-8H,2-3,6,10H2,1H3. The third-order valence-corrected chi connectivity index (χ3v) is 2.46. The van der Waals surface area contributed by atoms with Crippen LogP contribution in [0.2, 0.25) is 0 Å². The van der Waals surface area contributed by atoms with Crippen molar-refractivity contribution >= 4 is 5.95 Å². The minimum atomic E-state index is 0.284. The largest absolute Gasteiger partial charge is 0.333 e. The van der Waals surface area contributed by atoms with Crippen molar-refractivity contribution in [1.29, 1.82) is 0 Å². The molecule has 1 atom stereocenters. The zero-order chi connectivity index (χ0) is 9.97. The fourth-order valence-corrected chi connectivity index (χ4v) is 1.55. The van der Waals surface area contributed by atoms with Crippen LogP contribution in [0.5, 0.6) is 0 Å². The third-order valence-electron chi connectivity index (χ3n) is 2.46. The molecule has 0 spiro atoms. The topological polar surface area (TPSA) is 67.9 Å². The Morgan fingerprint density at radius 2 is 2.36 bits per heavy atom. The summed E-state index contributed by atoms with van der Waals surface area (Å²) in [5.41, 5.74) is 5.66. The van der Waals surface area contributed by atoms with Gasteiger partial charge in [-0.15, -0.1) is 5.10 Å². The van der Waals surface area contributed by atoms with Crippen LogP contribution in [0.4, 0.5) is 5.95 Å². The second kappa shape index (κ2) is 3.88. The lowest BCUT2D eigenvalue weighted by molar-refractivity contribution is 0.614. The maximum absolute atomic E-state index is 5.66. The van der Waals surface area contributed by atoms with Crippen molar-refractivity contribution in [3.05, 3.63) is 12.4 Å². The minimum Gasteiger partial charge on any atom is -0.333 e. The molecular formula is C9H15N5. The van der Waals surface area contributed by atoms with Gasteiger partial charge in [0.05, 0.1) is 12.4 Å². The molecule has 1 saturated carbocycles. The SMILES string of the molecule is CC(CN)N(c1nccnn1)C1CC1. The van der Waals surface area contributed by atoms with Crippen LogP contribution in [0.1, 0.15) is 19.8 Å².